The fraction of sp³-hybridized carbons (Fsp3) is 0.417. The van der Waals surface area contributed by atoms with Crippen LogP contribution in [0.4, 0.5) is 0 Å². The van der Waals surface area contributed by atoms with Gasteiger partial charge in [-0.15, -0.1) is 0 Å². The summed E-state index contributed by atoms with van der Waals surface area (Å²) in [5, 5.41) is 12.1. The van der Waals surface area contributed by atoms with Crippen LogP contribution in [0.5, 0.6) is 11.5 Å². The number of ether oxygens (including phenoxy) is 2. The van der Waals surface area contributed by atoms with Crippen LogP contribution in [0.2, 0.25) is 0 Å². The maximum atomic E-state index is 11.2. The molecule has 98 valence electrons. The molecule has 1 aromatic carbocycles. The molecule has 1 heterocycles. The lowest BCUT2D eigenvalue weighted by Crippen LogP contribution is -2.28. The van der Waals surface area contributed by atoms with Crippen LogP contribution < -0.4 is 14.8 Å². The Morgan fingerprint density at radius 2 is 2.22 bits per heavy atom. The first-order valence-electron chi connectivity index (χ1n) is 5.68. The second-order valence-electron chi connectivity index (χ2n) is 3.86. The number of nitrogens with one attached hydrogen (secondary N) is 1. The van der Waals surface area contributed by atoms with Crippen LogP contribution in [-0.4, -0.2) is 30.8 Å². The summed E-state index contributed by atoms with van der Waals surface area (Å²) in [5.41, 5.74) is 0.639. The Morgan fingerprint density at radius 1 is 1.50 bits per heavy atom. The maximum Gasteiger partial charge on any atom is 0.325 e. The average Bonchev–Trinajstić information content (AvgIpc) is 2.35. The van der Waals surface area contributed by atoms with E-state index in [1.807, 2.05) is 6.92 Å². The van der Waals surface area contributed by atoms with Gasteiger partial charge in [0.1, 0.15) is 19.3 Å². The van der Waals surface area contributed by atoms with Crippen LogP contribution in [0.15, 0.2) is 16.6 Å². The largest absolute Gasteiger partial charge is 0.486 e. The monoisotopic (exact) mass is 315 g/mol. The molecule has 0 bridgehead atoms. The lowest BCUT2D eigenvalue weighted by Gasteiger charge is -2.22. The SMILES string of the molecule is CCNC(C(=O)O)c1cc(Br)c2c(c1)OCCO2. The Bertz CT molecular complexity index is 464. The number of halogens is 1. The molecule has 1 aromatic rings. The molecule has 1 aliphatic rings. The Kier molecular flexibility index (Phi) is 4.08. The van der Waals surface area contributed by atoms with Gasteiger partial charge in [-0.05, 0) is 40.2 Å². The highest BCUT2D eigenvalue weighted by Crippen LogP contribution is 2.39. The van der Waals surface area contributed by atoms with Gasteiger partial charge in [-0.1, -0.05) is 6.92 Å². The van der Waals surface area contributed by atoms with E-state index in [4.69, 9.17) is 9.47 Å². The molecule has 2 rings (SSSR count). The van der Waals surface area contributed by atoms with Gasteiger partial charge >= 0.3 is 5.97 Å². The van der Waals surface area contributed by atoms with Crippen molar-refractivity contribution in [2.24, 2.45) is 0 Å². The number of carboxylic acid groups (broad SMARTS) is 1. The predicted octanol–water partition coefficient (Wildman–Crippen LogP) is 1.96. The van der Waals surface area contributed by atoms with Crippen molar-refractivity contribution in [1.29, 1.82) is 0 Å². The van der Waals surface area contributed by atoms with Gasteiger partial charge in [0.2, 0.25) is 0 Å². The molecular formula is C12H14BrNO4. The van der Waals surface area contributed by atoms with Crippen molar-refractivity contribution in [3.8, 4) is 11.5 Å². The quantitative estimate of drug-likeness (QED) is 0.889. The van der Waals surface area contributed by atoms with Crippen molar-refractivity contribution in [2.45, 2.75) is 13.0 Å². The molecular weight excluding hydrogens is 302 g/mol. The minimum Gasteiger partial charge on any atom is -0.486 e. The molecule has 0 fully saturated rings. The van der Waals surface area contributed by atoms with Gasteiger partial charge in [-0.3, -0.25) is 4.79 Å². The Hall–Kier alpha value is -1.27. The van der Waals surface area contributed by atoms with E-state index in [0.29, 0.717) is 41.3 Å². The van der Waals surface area contributed by atoms with E-state index < -0.39 is 12.0 Å². The lowest BCUT2D eigenvalue weighted by atomic mass is 10.1. The maximum absolute atomic E-state index is 11.2. The summed E-state index contributed by atoms with van der Waals surface area (Å²) >= 11 is 3.38. The van der Waals surface area contributed by atoms with Gasteiger partial charge in [0.25, 0.3) is 0 Å². The second-order valence-corrected chi connectivity index (χ2v) is 4.71. The highest BCUT2D eigenvalue weighted by molar-refractivity contribution is 9.10. The zero-order chi connectivity index (χ0) is 13.1. The Labute approximate surface area is 113 Å². The number of carboxylic acids is 1. The van der Waals surface area contributed by atoms with Gasteiger partial charge in [-0.25, -0.2) is 0 Å². The van der Waals surface area contributed by atoms with Crippen LogP contribution in [0.1, 0.15) is 18.5 Å². The molecule has 18 heavy (non-hydrogen) atoms. The molecule has 0 spiro atoms. The minimum absolute atomic E-state index is 0.474. The van der Waals surface area contributed by atoms with Crippen LogP contribution >= 0.6 is 15.9 Å². The number of fused-ring (bicyclic) bond motifs is 1. The fourth-order valence-electron chi connectivity index (χ4n) is 1.85. The van der Waals surface area contributed by atoms with E-state index >= 15 is 0 Å². The molecule has 0 radical (unpaired) electrons. The Balaban J connectivity index is 2.38. The molecule has 1 unspecified atom stereocenters. The first-order chi connectivity index (χ1) is 8.63. The lowest BCUT2D eigenvalue weighted by molar-refractivity contribution is -0.139. The summed E-state index contributed by atoms with van der Waals surface area (Å²) < 4.78 is 11.7. The number of benzene rings is 1. The van der Waals surface area contributed by atoms with Crippen molar-refractivity contribution in [1.82, 2.24) is 5.32 Å². The number of carbonyl (C=O) groups is 1. The fourth-order valence-corrected chi connectivity index (χ4v) is 2.42. The summed E-state index contributed by atoms with van der Waals surface area (Å²) in [6.45, 7) is 3.41. The number of aliphatic carboxylic acids is 1. The molecule has 2 N–H and O–H groups in total. The molecule has 0 aliphatic carbocycles. The van der Waals surface area contributed by atoms with Gasteiger partial charge in [0, 0.05) is 0 Å². The van der Waals surface area contributed by atoms with E-state index in [9.17, 15) is 9.90 Å². The van der Waals surface area contributed by atoms with Crippen LogP contribution in [0.3, 0.4) is 0 Å². The third-order valence-electron chi connectivity index (χ3n) is 2.61. The molecule has 1 atom stereocenters. The highest BCUT2D eigenvalue weighted by Gasteiger charge is 2.23. The zero-order valence-electron chi connectivity index (χ0n) is 9.90. The number of hydrogen-bond acceptors (Lipinski definition) is 4. The topological polar surface area (TPSA) is 67.8 Å². The van der Waals surface area contributed by atoms with Gasteiger partial charge in [0.05, 0.1) is 4.47 Å². The minimum atomic E-state index is -0.916. The van der Waals surface area contributed by atoms with E-state index in [-0.39, 0.29) is 0 Å². The predicted molar refractivity (Wildman–Crippen MR) is 69.2 cm³/mol. The summed E-state index contributed by atoms with van der Waals surface area (Å²) in [5.74, 6) is 0.292. The molecule has 5 nitrogen and oxygen atoms in total. The summed E-state index contributed by atoms with van der Waals surface area (Å²) in [6, 6.07) is 2.71. The number of rotatable bonds is 4. The second kappa shape index (κ2) is 5.58. The van der Waals surface area contributed by atoms with E-state index in [0.717, 1.165) is 0 Å². The van der Waals surface area contributed by atoms with E-state index in [2.05, 4.69) is 21.2 Å². The molecule has 1 aliphatic heterocycles. The molecule has 0 saturated heterocycles. The third kappa shape index (κ3) is 2.59. The first kappa shape index (κ1) is 13.2. The third-order valence-corrected chi connectivity index (χ3v) is 3.20. The standard InChI is InChI=1S/C12H14BrNO4/c1-2-14-10(12(15)16)7-5-8(13)11-9(6-7)17-3-4-18-11/h5-6,10,14H,2-4H2,1H3,(H,15,16). The average molecular weight is 316 g/mol. The van der Waals surface area contributed by atoms with E-state index in [1.54, 1.807) is 12.1 Å². The van der Waals surface area contributed by atoms with Crippen LogP contribution in [-0.2, 0) is 4.79 Å². The van der Waals surface area contributed by atoms with Crippen molar-refractivity contribution < 1.29 is 19.4 Å². The Morgan fingerprint density at radius 3 is 2.89 bits per heavy atom. The van der Waals surface area contributed by atoms with Crippen molar-refractivity contribution in [3.63, 3.8) is 0 Å². The van der Waals surface area contributed by atoms with Crippen molar-refractivity contribution in [2.75, 3.05) is 19.8 Å². The van der Waals surface area contributed by atoms with Crippen molar-refractivity contribution in [3.05, 3.63) is 22.2 Å². The molecule has 0 saturated carbocycles. The van der Waals surface area contributed by atoms with E-state index in [1.165, 1.54) is 0 Å². The summed E-state index contributed by atoms with van der Waals surface area (Å²) in [4.78, 5) is 11.2. The normalized spacial score (nSPS) is 15.2. The zero-order valence-corrected chi connectivity index (χ0v) is 11.5. The first-order valence-corrected chi connectivity index (χ1v) is 6.48. The van der Waals surface area contributed by atoms with Gasteiger partial charge in [0.15, 0.2) is 11.5 Å². The summed E-state index contributed by atoms with van der Waals surface area (Å²) in [7, 11) is 0. The van der Waals surface area contributed by atoms with Crippen LogP contribution in [0, 0.1) is 0 Å². The number of hydrogen-bond donors (Lipinski definition) is 2. The van der Waals surface area contributed by atoms with Crippen molar-refractivity contribution >= 4 is 21.9 Å². The molecule has 0 aromatic heterocycles. The smallest absolute Gasteiger partial charge is 0.325 e. The van der Waals surface area contributed by atoms with Gasteiger partial charge < -0.3 is 19.9 Å². The summed E-state index contributed by atoms with van der Waals surface area (Å²) in [6.07, 6.45) is 0. The highest BCUT2D eigenvalue weighted by atomic mass is 79.9. The van der Waals surface area contributed by atoms with Crippen LogP contribution in [0.25, 0.3) is 0 Å². The molecule has 6 heteroatoms. The number of likely N-dealkylation sites (N-methyl/N-ethyl adjacent to an activating group) is 1. The molecule has 0 amide bonds. The van der Waals surface area contributed by atoms with Gasteiger partial charge in [-0.2, -0.15) is 0 Å².